The van der Waals surface area contributed by atoms with Crippen molar-refractivity contribution in [3.63, 3.8) is 0 Å². The molecule has 0 aliphatic heterocycles. The second-order valence-corrected chi connectivity index (χ2v) is 5.53. The van der Waals surface area contributed by atoms with E-state index in [0.717, 1.165) is 18.4 Å². The zero-order valence-corrected chi connectivity index (χ0v) is 12.2. The van der Waals surface area contributed by atoms with Gasteiger partial charge in [-0.05, 0) is 43.0 Å². The molecule has 0 saturated carbocycles. The van der Waals surface area contributed by atoms with Crippen molar-refractivity contribution in [3.05, 3.63) is 34.1 Å². The SMILES string of the molecule is CC(CCN)CCC(=O)Cc1ccc(F)cc1Br. The summed E-state index contributed by atoms with van der Waals surface area (Å²) < 4.78 is 13.6. The fraction of sp³-hybridized carbons (Fsp3) is 0.500. The molecule has 1 unspecified atom stereocenters. The molecule has 0 aliphatic carbocycles. The highest BCUT2D eigenvalue weighted by molar-refractivity contribution is 9.10. The van der Waals surface area contributed by atoms with Crippen molar-refractivity contribution < 1.29 is 9.18 Å². The summed E-state index contributed by atoms with van der Waals surface area (Å²) >= 11 is 3.27. The lowest BCUT2D eigenvalue weighted by Crippen LogP contribution is -2.09. The number of Topliss-reactive ketones (excluding diaryl/α,β-unsaturated/α-hetero) is 1. The third-order valence-electron chi connectivity index (χ3n) is 2.98. The van der Waals surface area contributed by atoms with E-state index in [1.165, 1.54) is 12.1 Å². The number of hydrogen-bond donors (Lipinski definition) is 1. The van der Waals surface area contributed by atoms with Gasteiger partial charge in [-0.25, -0.2) is 4.39 Å². The van der Waals surface area contributed by atoms with E-state index in [0.29, 0.717) is 29.8 Å². The van der Waals surface area contributed by atoms with Crippen molar-refractivity contribution in [3.8, 4) is 0 Å². The zero-order chi connectivity index (χ0) is 13.5. The molecular weight excluding hydrogens is 297 g/mol. The van der Waals surface area contributed by atoms with Crippen LogP contribution < -0.4 is 5.73 Å². The second-order valence-electron chi connectivity index (χ2n) is 4.67. The van der Waals surface area contributed by atoms with Gasteiger partial charge in [0.05, 0.1) is 0 Å². The first-order chi connectivity index (χ1) is 8.52. The van der Waals surface area contributed by atoms with Crippen LogP contribution in [0.3, 0.4) is 0 Å². The van der Waals surface area contributed by atoms with E-state index in [1.54, 1.807) is 6.07 Å². The molecule has 0 fully saturated rings. The van der Waals surface area contributed by atoms with Crippen LogP contribution in [0.1, 0.15) is 31.7 Å². The minimum absolute atomic E-state index is 0.186. The van der Waals surface area contributed by atoms with Gasteiger partial charge < -0.3 is 5.73 Å². The molecule has 0 aliphatic rings. The highest BCUT2D eigenvalue weighted by atomic mass is 79.9. The van der Waals surface area contributed by atoms with Crippen molar-refractivity contribution in [1.29, 1.82) is 0 Å². The fourth-order valence-corrected chi connectivity index (χ4v) is 2.29. The van der Waals surface area contributed by atoms with Gasteiger partial charge in [0, 0.05) is 17.3 Å². The quantitative estimate of drug-likeness (QED) is 0.837. The Balaban J connectivity index is 2.44. The van der Waals surface area contributed by atoms with E-state index in [1.807, 2.05) is 0 Å². The topological polar surface area (TPSA) is 43.1 Å². The van der Waals surface area contributed by atoms with Gasteiger partial charge in [-0.3, -0.25) is 4.79 Å². The van der Waals surface area contributed by atoms with Crippen LogP contribution in [-0.4, -0.2) is 12.3 Å². The smallest absolute Gasteiger partial charge is 0.137 e. The van der Waals surface area contributed by atoms with E-state index in [-0.39, 0.29) is 11.6 Å². The van der Waals surface area contributed by atoms with Crippen molar-refractivity contribution in [2.24, 2.45) is 11.7 Å². The lowest BCUT2D eigenvalue weighted by Gasteiger charge is -2.09. The van der Waals surface area contributed by atoms with Gasteiger partial charge in [0.1, 0.15) is 11.6 Å². The third-order valence-corrected chi connectivity index (χ3v) is 3.72. The first-order valence-corrected chi connectivity index (χ1v) is 6.98. The number of carbonyl (C=O) groups is 1. The van der Waals surface area contributed by atoms with Crippen LogP contribution in [0.25, 0.3) is 0 Å². The molecule has 1 rings (SSSR count). The van der Waals surface area contributed by atoms with Gasteiger partial charge in [-0.1, -0.05) is 28.9 Å². The van der Waals surface area contributed by atoms with Gasteiger partial charge in [0.2, 0.25) is 0 Å². The maximum atomic E-state index is 12.9. The monoisotopic (exact) mass is 315 g/mol. The molecule has 0 heterocycles. The molecule has 18 heavy (non-hydrogen) atoms. The Bertz CT molecular complexity index is 409. The van der Waals surface area contributed by atoms with E-state index in [9.17, 15) is 9.18 Å². The van der Waals surface area contributed by atoms with Crippen LogP contribution in [0.15, 0.2) is 22.7 Å². The highest BCUT2D eigenvalue weighted by Gasteiger charge is 2.10. The molecule has 0 saturated heterocycles. The van der Waals surface area contributed by atoms with Crippen LogP contribution in [0.2, 0.25) is 0 Å². The number of nitrogens with two attached hydrogens (primary N) is 1. The molecule has 100 valence electrons. The normalized spacial score (nSPS) is 12.4. The largest absolute Gasteiger partial charge is 0.330 e. The van der Waals surface area contributed by atoms with Gasteiger partial charge in [0.15, 0.2) is 0 Å². The van der Waals surface area contributed by atoms with Gasteiger partial charge >= 0.3 is 0 Å². The number of rotatable bonds is 7. The fourth-order valence-electron chi connectivity index (χ4n) is 1.80. The molecule has 0 spiro atoms. The Morgan fingerprint density at radius 2 is 2.17 bits per heavy atom. The predicted octanol–water partition coefficient (Wildman–Crippen LogP) is 3.46. The summed E-state index contributed by atoms with van der Waals surface area (Å²) in [6.45, 7) is 2.77. The Hall–Kier alpha value is -0.740. The summed E-state index contributed by atoms with van der Waals surface area (Å²) in [6, 6.07) is 4.42. The molecule has 1 aromatic carbocycles. The molecule has 4 heteroatoms. The predicted molar refractivity (Wildman–Crippen MR) is 74.9 cm³/mol. The highest BCUT2D eigenvalue weighted by Crippen LogP contribution is 2.20. The zero-order valence-electron chi connectivity index (χ0n) is 10.6. The van der Waals surface area contributed by atoms with Gasteiger partial charge in [0.25, 0.3) is 0 Å². The maximum Gasteiger partial charge on any atom is 0.137 e. The van der Waals surface area contributed by atoms with Crippen LogP contribution >= 0.6 is 15.9 Å². The summed E-state index contributed by atoms with van der Waals surface area (Å²) in [5, 5.41) is 0. The number of halogens is 2. The average molecular weight is 316 g/mol. The van der Waals surface area contributed by atoms with Crippen molar-refractivity contribution >= 4 is 21.7 Å². The summed E-state index contributed by atoms with van der Waals surface area (Å²) in [6.07, 6.45) is 2.74. The second kappa shape index (κ2) is 7.64. The lowest BCUT2D eigenvalue weighted by atomic mass is 9.98. The minimum atomic E-state index is -0.297. The summed E-state index contributed by atoms with van der Waals surface area (Å²) in [5.41, 5.74) is 6.31. The van der Waals surface area contributed by atoms with E-state index >= 15 is 0 Å². The molecule has 1 atom stereocenters. The first-order valence-electron chi connectivity index (χ1n) is 6.18. The van der Waals surface area contributed by atoms with Gasteiger partial charge in [-0.15, -0.1) is 0 Å². The van der Waals surface area contributed by atoms with Crippen LogP contribution in [-0.2, 0) is 11.2 Å². The average Bonchev–Trinajstić information content (AvgIpc) is 2.31. The standard InChI is InChI=1S/C14H19BrFNO/c1-10(6-7-17)2-5-13(18)8-11-3-4-12(16)9-14(11)15/h3-4,9-10H,2,5-8,17H2,1H3. The maximum absolute atomic E-state index is 12.9. The lowest BCUT2D eigenvalue weighted by molar-refractivity contribution is -0.118. The van der Waals surface area contributed by atoms with Crippen molar-refractivity contribution in [2.75, 3.05) is 6.54 Å². The van der Waals surface area contributed by atoms with E-state index in [2.05, 4.69) is 22.9 Å². The van der Waals surface area contributed by atoms with E-state index in [4.69, 9.17) is 5.73 Å². The van der Waals surface area contributed by atoms with Crippen molar-refractivity contribution in [2.45, 2.75) is 32.6 Å². The van der Waals surface area contributed by atoms with Gasteiger partial charge in [-0.2, -0.15) is 0 Å². The Morgan fingerprint density at radius 1 is 1.44 bits per heavy atom. The molecule has 2 N–H and O–H groups in total. The van der Waals surface area contributed by atoms with E-state index < -0.39 is 0 Å². The molecule has 0 amide bonds. The van der Waals surface area contributed by atoms with Crippen LogP contribution in [0, 0.1) is 11.7 Å². The minimum Gasteiger partial charge on any atom is -0.330 e. The van der Waals surface area contributed by atoms with Crippen molar-refractivity contribution in [1.82, 2.24) is 0 Å². The summed E-state index contributed by atoms with van der Waals surface area (Å²) in [7, 11) is 0. The number of ketones is 1. The third kappa shape index (κ3) is 5.27. The number of carbonyl (C=O) groups excluding carboxylic acids is 1. The molecular formula is C14H19BrFNO. The summed E-state index contributed by atoms with van der Waals surface area (Å²) in [5.74, 6) is 0.372. The van der Waals surface area contributed by atoms with Crippen LogP contribution in [0.5, 0.6) is 0 Å². The molecule has 2 nitrogen and oxygen atoms in total. The number of benzene rings is 1. The Kier molecular flexibility index (Phi) is 6.50. The molecule has 0 aromatic heterocycles. The number of hydrogen-bond acceptors (Lipinski definition) is 2. The van der Waals surface area contributed by atoms with Crippen LogP contribution in [0.4, 0.5) is 4.39 Å². The summed E-state index contributed by atoms with van der Waals surface area (Å²) in [4.78, 5) is 11.8. The molecule has 0 bridgehead atoms. The molecule has 0 radical (unpaired) electrons. The molecule has 1 aromatic rings. The first kappa shape index (κ1) is 15.3. The Labute approximate surface area is 116 Å². The Morgan fingerprint density at radius 3 is 2.78 bits per heavy atom.